The zero-order chi connectivity index (χ0) is 19.0. The number of alkyl halides is 3. The number of aromatic nitrogens is 6. The molecule has 1 fully saturated rings. The molecule has 4 rings (SSSR count). The van der Waals surface area contributed by atoms with Crippen LogP contribution in [-0.4, -0.2) is 49.0 Å². The van der Waals surface area contributed by atoms with Crippen LogP contribution in [0.4, 0.5) is 19.0 Å². The molecule has 0 spiro atoms. The lowest BCUT2D eigenvalue weighted by Gasteiger charge is -2.32. The Bertz CT molecular complexity index is 951. The molecule has 0 amide bonds. The van der Waals surface area contributed by atoms with Crippen LogP contribution in [0.15, 0.2) is 24.5 Å². The van der Waals surface area contributed by atoms with Gasteiger partial charge in [0.05, 0.1) is 11.9 Å². The summed E-state index contributed by atoms with van der Waals surface area (Å²) in [5.74, 6) is -0.204. The second-order valence-electron chi connectivity index (χ2n) is 6.29. The van der Waals surface area contributed by atoms with E-state index in [-0.39, 0.29) is 11.8 Å². The van der Waals surface area contributed by atoms with Gasteiger partial charge in [-0.2, -0.15) is 17.7 Å². The summed E-state index contributed by atoms with van der Waals surface area (Å²) >= 11 is 0. The summed E-state index contributed by atoms with van der Waals surface area (Å²) in [6, 6.07) is 3.13. The molecule has 0 radical (unpaired) electrons. The molecule has 0 N–H and O–H groups in total. The maximum absolute atomic E-state index is 13.0. The van der Waals surface area contributed by atoms with Crippen LogP contribution in [0.25, 0.3) is 5.65 Å². The third-order valence-electron chi connectivity index (χ3n) is 4.29. The molecular weight excluding hydrogens is 363 g/mol. The predicted molar refractivity (Wildman–Crippen MR) is 88.4 cm³/mol. The van der Waals surface area contributed by atoms with E-state index in [1.54, 1.807) is 18.5 Å². The number of hydrogen-bond acceptors (Lipinski definition) is 7. The number of anilines is 1. The topological polar surface area (TPSA) is 81.3 Å². The van der Waals surface area contributed by atoms with E-state index in [0.29, 0.717) is 37.6 Å². The molecule has 0 aromatic carbocycles. The first-order valence-electron chi connectivity index (χ1n) is 8.40. The van der Waals surface area contributed by atoms with Crippen molar-refractivity contribution in [3.05, 3.63) is 36.0 Å². The third kappa shape index (κ3) is 3.62. The Hall–Kier alpha value is -2.98. The average Bonchev–Trinajstić information content (AvgIpc) is 3.06. The van der Waals surface area contributed by atoms with Crippen molar-refractivity contribution in [3.8, 4) is 5.88 Å². The van der Waals surface area contributed by atoms with Gasteiger partial charge in [-0.05, 0) is 19.1 Å². The summed E-state index contributed by atoms with van der Waals surface area (Å²) in [6.07, 6.45) is -0.0212. The van der Waals surface area contributed by atoms with Crippen LogP contribution in [0.1, 0.15) is 24.4 Å². The molecule has 0 aliphatic carbocycles. The Kier molecular flexibility index (Phi) is 4.28. The molecule has 0 atom stereocenters. The third-order valence-corrected chi connectivity index (χ3v) is 4.29. The Morgan fingerprint density at radius 1 is 1.11 bits per heavy atom. The Morgan fingerprint density at radius 2 is 1.89 bits per heavy atom. The molecule has 8 nitrogen and oxygen atoms in total. The minimum absolute atomic E-state index is 0.0262. The van der Waals surface area contributed by atoms with Gasteiger partial charge in [-0.25, -0.2) is 4.98 Å². The summed E-state index contributed by atoms with van der Waals surface area (Å²) in [5.41, 5.74) is 0.833. The van der Waals surface area contributed by atoms with Gasteiger partial charge in [0, 0.05) is 32.1 Å². The second-order valence-corrected chi connectivity index (χ2v) is 6.29. The normalized spacial score (nSPS) is 16.1. The highest BCUT2D eigenvalue weighted by Crippen LogP contribution is 2.28. The van der Waals surface area contributed by atoms with E-state index in [9.17, 15) is 13.2 Å². The van der Waals surface area contributed by atoms with E-state index in [1.807, 2.05) is 11.8 Å². The molecule has 1 saturated heterocycles. The number of hydrogen-bond donors (Lipinski definition) is 0. The van der Waals surface area contributed by atoms with E-state index >= 15 is 0 Å². The standard InChI is InChI=1S/C16H16F3N7O/c1-10-8-20-9-14(21-10)27-11-4-6-25(7-5-11)13-3-2-12-22-23-15(16(17,18)19)26(12)24-13/h2-3,8-9,11H,4-7H2,1H3. The Balaban J connectivity index is 1.46. The van der Waals surface area contributed by atoms with Crippen LogP contribution >= 0.6 is 0 Å². The predicted octanol–water partition coefficient (Wildman–Crippen LogP) is 2.29. The second kappa shape index (κ2) is 6.63. The highest BCUT2D eigenvalue weighted by molar-refractivity contribution is 5.46. The monoisotopic (exact) mass is 379 g/mol. The van der Waals surface area contributed by atoms with Crippen molar-refractivity contribution in [2.75, 3.05) is 18.0 Å². The summed E-state index contributed by atoms with van der Waals surface area (Å²) in [7, 11) is 0. The molecule has 0 bridgehead atoms. The van der Waals surface area contributed by atoms with Crippen molar-refractivity contribution in [2.24, 2.45) is 0 Å². The van der Waals surface area contributed by atoms with Crippen molar-refractivity contribution in [1.29, 1.82) is 0 Å². The minimum atomic E-state index is -4.61. The average molecular weight is 379 g/mol. The summed E-state index contributed by atoms with van der Waals surface area (Å²) in [4.78, 5) is 10.2. The summed E-state index contributed by atoms with van der Waals surface area (Å²) in [6.45, 7) is 3.04. The SMILES string of the molecule is Cc1cncc(OC2CCN(c3ccc4nnc(C(F)(F)F)n4n3)CC2)n1. The van der Waals surface area contributed by atoms with Crippen molar-refractivity contribution >= 4 is 11.5 Å². The number of piperidine rings is 1. The van der Waals surface area contributed by atoms with Crippen molar-refractivity contribution in [3.63, 3.8) is 0 Å². The van der Waals surface area contributed by atoms with Gasteiger partial charge in [0.25, 0.3) is 5.82 Å². The van der Waals surface area contributed by atoms with Gasteiger partial charge < -0.3 is 9.64 Å². The molecule has 3 aromatic rings. The first kappa shape index (κ1) is 17.4. The molecule has 1 aliphatic rings. The van der Waals surface area contributed by atoms with E-state index in [4.69, 9.17) is 4.74 Å². The lowest BCUT2D eigenvalue weighted by atomic mass is 10.1. The number of rotatable bonds is 3. The lowest BCUT2D eigenvalue weighted by Crippen LogP contribution is -2.39. The van der Waals surface area contributed by atoms with Gasteiger partial charge >= 0.3 is 6.18 Å². The van der Waals surface area contributed by atoms with Gasteiger partial charge in [0.2, 0.25) is 5.88 Å². The minimum Gasteiger partial charge on any atom is -0.473 e. The Labute approximate surface area is 152 Å². The smallest absolute Gasteiger partial charge is 0.453 e. The fourth-order valence-electron chi connectivity index (χ4n) is 3.00. The molecular formula is C16H16F3N7O. The van der Waals surface area contributed by atoms with Gasteiger partial charge in [0.15, 0.2) is 5.65 Å². The molecule has 27 heavy (non-hydrogen) atoms. The number of nitrogens with zero attached hydrogens (tertiary/aromatic N) is 7. The number of ether oxygens (including phenoxy) is 1. The van der Waals surface area contributed by atoms with Crippen LogP contribution in [0.2, 0.25) is 0 Å². The summed E-state index contributed by atoms with van der Waals surface area (Å²) < 4.78 is 45.6. The van der Waals surface area contributed by atoms with E-state index in [1.165, 1.54) is 6.07 Å². The molecule has 0 saturated carbocycles. The molecule has 4 heterocycles. The summed E-state index contributed by atoms with van der Waals surface area (Å²) in [5, 5.41) is 10.8. The quantitative estimate of drug-likeness (QED) is 0.691. The van der Waals surface area contributed by atoms with Crippen molar-refractivity contribution in [2.45, 2.75) is 32.0 Å². The highest BCUT2D eigenvalue weighted by Gasteiger charge is 2.38. The van der Waals surface area contributed by atoms with E-state index in [0.717, 1.165) is 10.2 Å². The molecule has 0 unspecified atom stereocenters. The fourth-order valence-corrected chi connectivity index (χ4v) is 3.00. The van der Waals surface area contributed by atoms with Crippen LogP contribution < -0.4 is 9.64 Å². The maximum Gasteiger partial charge on any atom is 0.453 e. The molecule has 11 heteroatoms. The maximum atomic E-state index is 13.0. The van der Waals surface area contributed by atoms with Crippen LogP contribution in [0.3, 0.4) is 0 Å². The molecule has 142 valence electrons. The number of aryl methyl sites for hydroxylation is 1. The molecule has 3 aromatic heterocycles. The van der Waals surface area contributed by atoms with Crippen LogP contribution in [0, 0.1) is 6.92 Å². The van der Waals surface area contributed by atoms with Crippen LogP contribution in [-0.2, 0) is 6.18 Å². The van der Waals surface area contributed by atoms with Gasteiger partial charge in [-0.3, -0.25) is 4.98 Å². The highest BCUT2D eigenvalue weighted by atomic mass is 19.4. The van der Waals surface area contributed by atoms with Crippen molar-refractivity contribution < 1.29 is 17.9 Å². The zero-order valence-corrected chi connectivity index (χ0v) is 14.4. The zero-order valence-electron chi connectivity index (χ0n) is 14.4. The van der Waals surface area contributed by atoms with Gasteiger partial charge in [-0.15, -0.1) is 15.3 Å². The van der Waals surface area contributed by atoms with E-state index < -0.39 is 12.0 Å². The number of halogens is 3. The Morgan fingerprint density at radius 3 is 2.59 bits per heavy atom. The first-order valence-corrected chi connectivity index (χ1v) is 8.40. The fraction of sp³-hybridized carbons (Fsp3) is 0.438. The van der Waals surface area contributed by atoms with Gasteiger partial charge in [-0.1, -0.05) is 0 Å². The number of fused-ring (bicyclic) bond motifs is 1. The largest absolute Gasteiger partial charge is 0.473 e. The lowest BCUT2D eigenvalue weighted by molar-refractivity contribution is -0.146. The van der Waals surface area contributed by atoms with E-state index in [2.05, 4.69) is 25.3 Å². The van der Waals surface area contributed by atoms with Gasteiger partial charge in [0.1, 0.15) is 11.9 Å². The molecule has 1 aliphatic heterocycles. The first-order chi connectivity index (χ1) is 12.9. The van der Waals surface area contributed by atoms with Crippen molar-refractivity contribution in [1.82, 2.24) is 29.8 Å². The van der Waals surface area contributed by atoms with Crippen LogP contribution in [0.5, 0.6) is 5.88 Å².